The van der Waals surface area contributed by atoms with E-state index in [1.807, 2.05) is 48.5 Å². The van der Waals surface area contributed by atoms with Crippen molar-refractivity contribution < 1.29 is 19.1 Å². The molecule has 0 saturated carbocycles. The molecule has 0 bridgehead atoms. The van der Waals surface area contributed by atoms with Crippen molar-refractivity contribution in [2.24, 2.45) is 0 Å². The van der Waals surface area contributed by atoms with Crippen molar-refractivity contribution in [3.05, 3.63) is 101 Å². The molecule has 0 fully saturated rings. The Morgan fingerprint density at radius 1 is 1.00 bits per heavy atom. The number of H-pyrrole nitrogens is 1. The minimum absolute atomic E-state index is 0.0760. The van der Waals surface area contributed by atoms with E-state index in [1.54, 1.807) is 49.1 Å². The third-order valence-electron chi connectivity index (χ3n) is 6.26. The Labute approximate surface area is 212 Å². The van der Waals surface area contributed by atoms with E-state index in [-0.39, 0.29) is 29.9 Å². The van der Waals surface area contributed by atoms with Gasteiger partial charge in [-0.2, -0.15) is 0 Å². The molecule has 0 radical (unpaired) electrons. The quantitative estimate of drug-likeness (QED) is 0.249. The second-order valence-corrected chi connectivity index (χ2v) is 8.63. The van der Waals surface area contributed by atoms with Gasteiger partial charge in [-0.1, -0.05) is 30.3 Å². The number of fused-ring (bicyclic) bond motifs is 2. The molecule has 5 rings (SSSR count). The minimum atomic E-state index is -0.966. The van der Waals surface area contributed by atoms with E-state index in [2.05, 4.69) is 9.97 Å². The number of ether oxygens (including phenoxy) is 2. The van der Waals surface area contributed by atoms with E-state index >= 15 is 0 Å². The summed E-state index contributed by atoms with van der Waals surface area (Å²) in [6.07, 6.45) is 0.645. The number of benzene rings is 3. The Bertz CT molecular complexity index is 1670. The SMILES string of the molecule is COc1ccc(-n2c(=O)c(CCC(=O)O[C@@H](C)C(=O)c3c[nH]c4ccccc34)nc3ccccc32)cc1. The van der Waals surface area contributed by atoms with Crippen molar-refractivity contribution in [1.29, 1.82) is 0 Å². The number of nitrogens with zero attached hydrogens (tertiary/aromatic N) is 2. The fourth-order valence-corrected chi connectivity index (χ4v) is 4.35. The molecule has 0 aliphatic carbocycles. The van der Waals surface area contributed by atoms with Crippen molar-refractivity contribution in [2.45, 2.75) is 25.9 Å². The molecule has 5 aromatic rings. The van der Waals surface area contributed by atoms with Gasteiger partial charge in [-0.3, -0.25) is 19.0 Å². The normalized spacial score (nSPS) is 11.9. The molecule has 2 heterocycles. The molecule has 37 heavy (non-hydrogen) atoms. The van der Waals surface area contributed by atoms with Gasteiger partial charge in [-0.05, 0) is 49.4 Å². The summed E-state index contributed by atoms with van der Waals surface area (Å²) in [6, 6.07) is 21.9. The van der Waals surface area contributed by atoms with Crippen LogP contribution in [-0.4, -0.2) is 39.5 Å². The lowest BCUT2D eigenvalue weighted by Crippen LogP contribution is -2.27. The molecule has 0 aliphatic rings. The van der Waals surface area contributed by atoms with Gasteiger partial charge in [0.1, 0.15) is 11.4 Å². The average molecular weight is 496 g/mol. The lowest BCUT2D eigenvalue weighted by molar-refractivity contribution is -0.146. The standard InChI is InChI=1S/C29H25N3O5/c1-18(28(34)22-17-30-23-8-4-3-7-21(22)23)37-27(33)16-15-25-29(35)32(19-11-13-20(36-2)14-12-19)26-10-6-5-9-24(26)31-25/h3-14,17-18,30H,15-16H2,1-2H3/t18-/m0/s1. The number of aryl methyl sites for hydroxylation is 1. The summed E-state index contributed by atoms with van der Waals surface area (Å²) in [7, 11) is 1.58. The van der Waals surface area contributed by atoms with Gasteiger partial charge in [-0.15, -0.1) is 0 Å². The van der Waals surface area contributed by atoms with Crippen LogP contribution in [0.15, 0.2) is 83.8 Å². The van der Waals surface area contributed by atoms with Gasteiger partial charge < -0.3 is 14.5 Å². The molecule has 0 unspecified atom stereocenters. The molecule has 0 aliphatic heterocycles. The summed E-state index contributed by atoms with van der Waals surface area (Å²) in [4.78, 5) is 46.5. The zero-order valence-electron chi connectivity index (χ0n) is 20.4. The first-order valence-corrected chi connectivity index (χ1v) is 11.9. The maximum atomic E-state index is 13.4. The smallest absolute Gasteiger partial charge is 0.306 e. The first-order valence-electron chi connectivity index (χ1n) is 11.9. The predicted molar refractivity (Wildman–Crippen MR) is 140 cm³/mol. The van der Waals surface area contributed by atoms with Crippen molar-refractivity contribution in [3.8, 4) is 11.4 Å². The van der Waals surface area contributed by atoms with E-state index < -0.39 is 12.1 Å². The number of methoxy groups -OCH3 is 1. The number of para-hydroxylation sites is 3. The molecule has 2 aromatic heterocycles. The highest BCUT2D eigenvalue weighted by atomic mass is 16.5. The number of Topliss-reactive ketones (excluding diaryl/α,β-unsaturated/α-hetero) is 1. The molecule has 1 N–H and O–H groups in total. The molecule has 186 valence electrons. The molecule has 0 saturated heterocycles. The summed E-state index contributed by atoms with van der Waals surface area (Å²) >= 11 is 0. The van der Waals surface area contributed by atoms with E-state index in [0.29, 0.717) is 28.0 Å². The fraction of sp³-hybridized carbons (Fsp3) is 0.172. The monoisotopic (exact) mass is 495 g/mol. The maximum Gasteiger partial charge on any atom is 0.306 e. The summed E-state index contributed by atoms with van der Waals surface area (Å²) in [5.41, 5.74) is 3.16. The Hall–Kier alpha value is -4.72. The number of rotatable bonds is 8. The van der Waals surface area contributed by atoms with E-state index in [9.17, 15) is 14.4 Å². The van der Waals surface area contributed by atoms with Crippen LogP contribution in [0, 0.1) is 0 Å². The molecule has 0 amide bonds. The molecular weight excluding hydrogens is 470 g/mol. The van der Waals surface area contributed by atoms with Crippen LogP contribution in [0.3, 0.4) is 0 Å². The summed E-state index contributed by atoms with van der Waals surface area (Å²) in [5, 5.41) is 0.773. The number of hydrogen-bond donors (Lipinski definition) is 1. The van der Waals surface area contributed by atoms with Crippen LogP contribution >= 0.6 is 0 Å². The van der Waals surface area contributed by atoms with Crippen LogP contribution in [0.25, 0.3) is 27.6 Å². The van der Waals surface area contributed by atoms with E-state index in [0.717, 1.165) is 10.9 Å². The highest BCUT2D eigenvalue weighted by Crippen LogP contribution is 2.21. The largest absolute Gasteiger partial charge is 0.497 e. The van der Waals surface area contributed by atoms with Gasteiger partial charge in [0.25, 0.3) is 5.56 Å². The molecule has 0 spiro atoms. The topological polar surface area (TPSA) is 103 Å². The molecule has 8 nitrogen and oxygen atoms in total. The second kappa shape index (κ2) is 10.1. The minimum Gasteiger partial charge on any atom is -0.497 e. The van der Waals surface area contributed by atoms with Crippen molar-refractivity contribution in [3.63, 3.8) is 0 Å². The van der Waals surface area contributed by atoms with E-state index in [4.69, 9.17) is 9.47 Å². The number of esters is 1. The van der Waals surface area contributed by atoms with Crippen LogP contribution in [-0.2, 0) is 16.0 Å². The second-order valence-electron chi connectivity index (χ2n) is 8.63. The predicted octanol–water partition coefficient (Wildman–Crippen LogP) is 4.62. The van der Waals surface area contributed by atoms with Crippen LogP contribution in [0.2, 0.25) is 0 Å². The average Bonchev–Trinajstić information content (AvgIpc) is 3.36. The van der Waals surface area contributed by atoms with Crippen LogP contribution < -0.4 is 10.3 Å². The summed E-state index contributed by atoms with van der Waals surface area (Å²) in [5.74, 6) is -0.197. The number of carbonyl (C=O) groups is 2. The number of nitrogens with one attached hydrogen (secondary N) is 1. The van der Waals surface area contributed by atoms with Gasteiger partial charge in [0.15, 0.2) is 6.10 Å². The number of aromatic amines is 1. The van der Waals surface area contributed by atoms with Gasteiger partial charge in [0.2, 0.25) is 5.78 Å². The summed E-state index contributed by atoms with van der Waals surface area (Å²) < 4.78 is 12.2. The fourth-order valence-electron chi connectivity index (χ4n) is 4.35. The number of carbonyl (C=O) groups excluding carboxylic acids is 2. The molecule has 8 heteroatoms. The van der Waals surface area contributed by atoms with Crippen LogP contribution in [0.4, 0.5) is 0 Å². The first kappa shape index (κ1) is 24.0. The van der Waals surface area contributed by atoms with Gasteiger partial charge >= 0.3 is 5.97 Å². The highest BCUT2D eigenvalue weighted by Gasteiger charge is 2.23. The number of ketones is 1. The molecule has 1 atom stereocenters. The van der Waals surface area contributed by atoms with Crippen LogP contribution in [0.5, 0.6) is 5.75 Å². The zero-order chi connectivity index (χ0) is 25.9. The Balaban J connectivity index is 1.35. The van der Waals surface area contributed by atoms with Crippen molar-refractivity contribution >= 4 is 33.7 Å². The Morgan fingerprint density at radius 3 is 2.51 bits per heavy atom. The third-order valence-corrected chi connectivity index (χ3v) is 6.26. The van der Waals surface area contributed by atoms with Gasteiger partial charge in [0.05, 0.1) is 24.6 Å². The third kappa shape index (κ3) is 4.73. The maximum absolute atomic E-state index is 13.4. The number of hydrogen-bond acceptors (Lipinski definition) is 6. The van der Waals surface area contributed by atoms with Gasteiger partial charge in [-0.25, -0.2) is 4.98 Å². The van der Waals surface area contributed by atoms with Gasteiger partial charge in [0, 0.05) is 34.8 Å². The lowest BCUT2D eigenvalue weighted by atomic mass is 10.1. The Kier molecular flexibility index (Phi) is 6.55. The van der Waals surface area contributed by atoms with Crippen molar-refractivity contribution in [1.82, 2.24) is 14.5 Å². The van der Waals surface area contributed by atoms with Crippen molar-refractivity contribution in [2.75, 3.05) is 7.11 Å². The van der Waals surface area contributed by atoms with Crippen LogP contribution in [0.1, 0.15) is 29.4 Å². The Morgan fingerprint density at radius 2 is 1.73 bits per heavy atom. The lowest BCUT2D eigenvalue weighted by Gasteiger charge is -2.14. The molecular formula is C29H25N3O5. The zero-order valence-corrected chi connectivity index (χ0v) is 20.4. The number of aromatic nitrogens is 3. The first-order chi connectivity index (χ1) is 18.0. The highest BCUT2D eigenvalue weighted by molar-refractivity contribution is 6.10. The summed E-state index contributed by atoms with van der Waals surface area (Å²) in [6.45, 7) is 1.55. The molecule has 3 aromatic carbocycles. The van der Waals surface area contributed by atoms with E-state index in [1.165, 1.54) is 0 Å².